The molecule has 1 aromatic heterocycles. The van der Waals surface area contributed by atoms with Crippen molar-refractivity contribution in [3.05, 3.63) is 40.4 Å². The fourth-order valence-electron chi connectivity index (χ4n) is 3.11. The number of carbonyl (C=O) groups excluding carboxylic acids is 1. The number of fused-ring (bicyclic) bond motifs is 1. The van der Waals surface area contributed by atoms with E-state index in [0.29, 0.717) is 36.0 Å². The van der Waals surface area contributed by atoms with E-state index >= 15 is 0 Å². The van der Waals surface area contributed by atoms with Gasteiger partial charge in [0, 0.05) is 32.5 Å². The zero-order chi connectivity index (χ0) is 16.9. The first kappa shape index (κ1) is 16.6. The molecule has 1 aromatic carbocycles. The summed E-state index contributed by atoms with van der Waals surface area (Å²) < 4.78 is 0. The van der Waals surface area contributed by atoms with Crippen LogP contribution in [0.15, 0.2) is 29.1 Å². The summed E-state index contributed by atoms with van der Waals surface area (Å²) in [5.74, 6) is 0.857. The molecule has 1 N–H and O–H groups in total. The van der Waals surface area contributed by atoms with Gasteiger partial charge in [-0.1, -0.05) is 12.1 Å². The SMILES string of the molecule is CN1CCCN(C(=O)CCCc2nc3ccccc3c(=O)[nH]2)CC1. The number of hydrogen-bond donors (Lipinski definition) is 1. The molecule has 0 saturated carbocycles. The van der Waals surface area contributed by atoms with Crippen molar-refractivity contribution in [1.29, 1.82) is 0 Å². The van der Waals surface area contributed by atoms with Gasteiger partial charge in [-0.3, -0.25) is 9.59 Å². The van der Waals surface area contributed by atoms with Crippen molar-refractivity contribution in [2.75, 3.05) is 33.2 Å². The highest BCUT2D eigenvalue weighted by molar-refractivity contribution is 5.77. The highest BCUT2D eigenvalue weighted by Crippen LogP contribution is 2.09. The quantitative estimate of drug-likeness (QED) is 0.921. The van der Waals surface area contributed by atoms with E-state index in [1.54, 1.807) is 6.07 Å². The number of aromatic nitrogens is 2. The molecule has 6 heteroatoms. The Hall–Kier alpha value is -2.21. The predicted octanol–water partition coefficient (Wildman–Crippen LogP) is 1.41. The average molecular weight is 328 g/mol. The van der Waals surface area contributed by atoms with Gasteiger partial charge in [0.05, 0.1) is 10.9 Å². The molecule has 2 heterocycles. The van der Waals surface area contributed by atoms with E-state index in [1.165, 1.54) is 0 Å². The normalized spacial score (nSPS) is 16.3. The first-order valence-electron chi connectivity index (χ1n) is 8.58. The Morgan fingerprint density at radius 3 is 2.92 bits per heavy atom. The summed E-state index contributed by atoms with van der Waals surface area (Å²) in [4.78, 5) is 35.9. The van der Waals surface area contributed by atoms with Gasteiger partial charge in [0.15, 0.2) is 0 Å². The lowest BCUT2D eigenvalue weighted by Gasteiger charge is -2.20. The summed E-state index contributed by atoms with van der Waals surface area (Å²) in [6.45, 7) is 3.63. The predicted molar refractivity (Wildman–Crippen MR) is 94.0 cm³/mol. The monoisotopic (exact) mass is 328 g/mol. The second-order valence-corrected chi connectivity index (χ2v) is 6.42. The van der Waals surface area contributed by atoms with Crippen LogP contribution in [0.25, 0.3) is 10.9 Å². The molecule has 6 nitrogen and oxygen atoms in total. The van der Waals surface area contributed by atoms with Gasteiger partial charge in [0.1, 0.15) is 5.82 Å². The van der Waals surface area contributed by atoms with Gasteiger partial charge in [-0.2, -0.15) is 0 Å². The maximum Gasteiger partial charge on any atom is 0.258 e. The van der Waals surface area contributed by atoms with Crippen LogP contribution in [0.1, 0.15) is 25.1 Å². The molecule has 0 bridgehead atoms. The molecular weight excluding hydrogens is 304 g/mol. The van der Waals surface area contributed by atoms with Gasteiger partial charge < -0.3 is 14.8 Å². The first-order valence-corrected chi connectivity index (χ1v) is 8.58. The summed E-state index contributed by atoms with van der Waals surface area (Å²) in [6.07, 6.45) is 2.84. The molecule has 3 rings (SSSR count). The molecule has 128 valence electrons. The van der Waals surface area contributed by atoms with E-state index in [9.17, 15) is 9.59 Å². The Morgan fingerprint density at radius 1 is 1.21 bits per heavy atom. The second kappa shape index (κ2) is 7.57. The number of hydrogen-bond acceptors (Lipinski definition) is 4. The first-order chi connectivity index (χ1) is 11.6. The Kier molecular flexibility index (Phi) is 5.25. The van der Waals surface area contributed by atoms with Crippen molar-refractivity contribution in [3.63, 3.8) is 0 Å². The van der Waals surface area contributed by atoms with E-state index in [-0.39, 0.29) is 11.5 Å². The Balaban J connectivity index is 1.56. The summed E-state index contributed by atoms with van der Waals surface area (Å²) in [7, 11) is 2.09. The summed E-state index contributed by atoms with van der Waals surface area (Å²) >= 11 is 0. The molecule has 1 aliphatic rings. The maximum absolute atomic E-state index is 12.3. The third-order valence-corrected chi connectivity index (χ3v) is 4.54. The number of aromatic amines is 1. The van der Waals surface area contributed by atoms with Gasteiger partial charge >= 0.3 is 0 Å². The number of H-pyrrole nitrogens is 1. The van der Waals surface area contributed by atoms with Gasteiger partial charge in [-0.05, 0) is 38.6 Å². The molecule has 24 heavy (non-hydrogen) atoms. The molecule has 0 aliphatic carbocycles. The zero-order valence-electron chi connectivity index (χ0n) is 14.1. The van der Waals surface area contributed by atoms with E-state index in [0.717, 1.165) is 32.6 Å². The van der Waals surface area contributed by atoms with Crippen LogP contribution < -0.4 is 5.56 Å². The molecule has 0 unspecified atom stereocenters. The number of nitrogens with zero attached hydrogens (tertiary/aromatic N) is 3. The minimum Gasteiger partial charge on any atom is -0.341 e. The van der Waals surface area contributed by atoms with Crippen LogP contribution in [0, 0.1) is 0 Å². The molecular formula is C18H24N4O2. The molecule has 1 saturated heterocycles. The topological polar surface area (TPSA) is 69.3 Å². The Bertz CT molecular complexity index is 771. The lowest BCUT2D eigenvalue weighted by Crippen LogP contribution is -2.34. The Labute approximate surface area is 141 Å². The van der Waals surface area contributed by atoms with Gasteiger partial charge in [-0.25, -0.2) is 4.98 Å². The number of para-hydroxylation sites is 1. The zero-order valence-corrected chi connectivity index (χ0v) is 14.1. The average Bonchev–Trinajstić information content (AvgIpc) is 2.79. The largest absolute Gasteiger partial charge is 0.341 e. The van der Waals surface area contributed by atoms with Crippen LogP contribution >= 0.6 is 0 Å². The van der Waals surface area contributed by atoms with E-state index in [4.69, 9.17) is 0 Å². The van der Waals surface area contributed by atoms with Crippen LogP contribution in [0.5, 0.6) is 0 Å². The number of carbonyl (C=O) groups is 1. The van der Waals surface area contributed by atoms with E-state index < -0.39 is 0 Å². The van der Waals surface area contributed by atoms with Crippen LogP contribution in [0.2, 0.25) is 0 Å². The van der Waals surface area contributed by atoms with Crippen LogP contribution in [0.3, 0.4) is 0 Å². The van der Waals surface area contributed by atoms with Crippen molar-refractivity contribution >= 4 is 16.8 Å². The van der Waals surface area contributed by atoms with Gasteiger partial charge in [0.25, 0.3) is 5.56 Å². The van der Waals surface area contributed by atoms with Crippen molar-refractivity contribution in [3.8, 4) is 0 Å². The third kappa shape index (κ3) is 4.00. The summed E-state index contributed by atoms with van der Waals surface area (Å²) in [5, 5.41) is 0.603. The van der Waals surface area contributed by atoms with Crippen LogP contribution in [0.4, 0.5) is 0 Å². The smallest absolute Gasteiger partial charge is 0.258 e. The standard InChI is InChI=1S/C18H24N4O2/c1-21-10-5-11-22(13-12-21)17(23)9-4-8-16-19-15-7-3-2-6-14(15)18(24)20-16/h2-3,6-7H,4-5,8-13H2,1H3,(H,19,20,24). The molecule has 2 aromatic rings. The van der Waals surface area contributed by atoms with Gasteiger partial charge in [0.2, 0.25) is 5.91 Å². The number of rotatable bonds is 4. The number of amides is 1. The molecule has 0 spiro atoms. The fourth-order valence-corrected chi connectivity index (χ4v) is 3.11. The van der Waals surface area contributed by atoms with E-state index in [2.05, 4.69) is 21.9 Å². The van der Waals surface area contributed by atoms with Crippen molar-refractivity contribution < 1.29 is 4.79 Å². The summed E-state index contributed by atoms with van der Waals surface area (Å²) in [6, 6.07) is 7.31. The van der Waals surface area contributed by atoms with Crippen molar-refractivity contribution in [1.82, 2.24) is 19.8 Å². The fraction of sp³-hybridized carbons (Fsp3) is 0.500. The molecule has 1 fully saturated rings. The third-order valence-electron chi connectivity index (χ3n) is 4.54. The lowest BCUT2D eigenvalue weighted by molar-refractivity contribution is -0.131. The maximum atomic E-state index is 12.3. The lowest BCUT2D eigenvalue weighted by atomic mass is 10.2. The molecule has 1 amide bonds. The number of aryl methyl sites for hydroxylation is 1. The van der Waals surface area contributed by atoms with E-state index in [1.807, 2.05) is 23.1 Å². The van der Waals surface area contributed by atoms with Crippen molar-refractivity contribution in [2.24, 2.45) is 0 Å². The van der Waals surface area contributed by atoms with Crippen LogP contribution in [-0.4, -0.2) is 58.9 Å². The number of likely N-dealkylation sites (N-methyl/N-ethyl adjacent to an activating group) is 1. The molecule has 0 radical (unpaired) electrons. The molecule has 1 aliphatic heterocycles. The highest BCUT2D eigenvalue weighted by atomic mass is 16.2. The van der Waals surface area contributed by atoms with Gasteiger partial charge in [-0.15, -0.1) is 0 Å². The minimum absolute atomic E-state index is 0.113. The van der Waals surface area contributed by atoms with Crippen molar-refractivity contribution in [2.45, 2.75) is 25.7 Å². The Morgan fingerprint density at radius 2 is 2.04 bits per heavy atom. The minimum atomic E-state index is -0.113. The van der Waals surface area contributed by atoms with Crippen LogP contribution in [-0.2, 0) is 11.2 Å². The summed E-state index contributed by atoms with van der Waals surface area (Å²) in [5.41, 5.74) is 0.593. The second-order valence-electron chi connectivity index (χ2n) is 6.42. The number of benzene rings is 1. The molecule has 0 atom stereocenters. The number of nitrogens with one attached hydrogen (secondary N) is 1. The highest BCUT2D eigenvalue weighted by Gasteiger charge is 2.17.